The second-order valence-corrected chi connectivity index (χ2v) is 5.48. The normalized spacial score (nSPS) is 10.2. The van der Waals surface area contributed by atoms with Crippen LogP contribution in [0, 0.1) is 17.0 Å². The number of nitro groups is 1. The van der Waals surface area contributed by atoms with E-state index in [1.807, 2.05) is 6.92 Å². The first-order chi connectivity index (χ1) is 10.0. The van der Waals surface area contributed by atoms with E-state index in [9.17, 15) is 14.9 Å². The topological polar surface area (TPSA) is 123 Å². The van der Waals surface area contributed by atoms with Crippen molar-refractivity contribution in [1.29, 1.82) is 0 Å². The van der Waals surface area contributed by atoms with Crippen LogP contribution >= 0.6 is 11.3 Å². The van der Waals surface area contributed by atoms with Crippen molar-refractivity contribution in [3.05, 3.63) is 50.0 Å². The number of aromatic nitrogens is 1. The van der Waals surface area contributed by atoms with Gasteiger partial charge in [0.05, 0.1) is 27.7 Å². The van der Waals surface area contributed by atoms with E-state index in [4.69, 9.17) is 5.84 Å². The third-order valence-electron chi connectivity index (χ3n) is 2.71. The van der Waals surface area contributed by atoms with Crippen molar-refractivity contribution < 1.29 is 9.72 Å². The summed E-state index contributed by atoms with van der Waals surface area (Å²) >= 11 is 1.47. The van der Waals surface area contributed by atoms with Crippen LogP contribution in [-0.2, 0) is 6.54 Å². The lowest BCUT2D eigenvalue weighted by Gasteiger charge is -2.08. The van der Waals surface area contributed by atoms with Crippen molar-refractivity contribution in [3.8, 4) is 0 Å². The van der Waals surface area contributed by atoms with E-state index in [0.717, 1.165) is 9.88 Å². The van der Waals surface area contributed by atoms with Gasteiger partial charge in [-0.1, -0.05) is 0 Å². The molecule has 1 aromatic carbocycles. The number of non-ortho nitro benzene ring substituents is 1. The smallest absolute Gasteiger partial charge is 0.270 e. The predicted molar refractivity (Wildman–Crippen MR) is 78.9 cm³/mol. The molecule has 0 aliphatic rings. The van der Waals surface area contributed by atoms with Crippen molar-refractivity contribution in [2.24, 2.45) is 5.84 Å². The summed E-state index contributed by atoms with van der Waals surface area (Å²) in [6.45, 7) is 2.17. The third-order valence-corrected chi connectivity index (χ3v) is 3.62. The van der Waals surface area contributed by atoms with Crippen LogP contribution in [0.2, 0.25) is 0 Å². The van der Waals surface area contributed by atoms with Gasteiger partial charge in [0.25, 0.3) is 11.6 Å². The highest BCUT2D eigenvalue weighted by Crippen LogP contribution is 2.21. The number of nitrogens with one attached hydrogen (secondary N) is 2. The Morgan fingerprint density at radius 2 is 2.29 bits per heavy atom. The number of nitro benzene ring substituents is 1. The maximum Gasteiger partial charge on any atom is 0.270 e. The predicted octanol–water partition coefficient (Wildman–Crippen LogP) is 1.58. The monoisotopic (exact) mass is 307 g/mol. The van der Waals surface area contributed by atoms with Crippen LogP contribution in [0.15, 0.2) is 24.4 Å². The number of anilines is 1. The van der Waals surface area contributed by atoms with Gasteiger partial charge in [0.15, 0.2) is 0 Å². The number of amides is 1. The van der Waals surface area contributed by atoms with Crippen LogP contribution in [0.1, 0.15) is 20.2 Å². The molecule has 0 aliphatic heterocycles. The fourth-order valence-electron chi connectivity index (χ4n) is 1.71. The van der Waals surface area contributed by atoms with Crippen molar-refractivity contribution >= 4 is 28.6 Å². The molecule has 21 heavy (non-hydrogen) atoms. The standard InChI is InChI=1S/C12H13N5O3S/c1-7-14-5-9(21-7)6-15-12(18)10-4-8(17(19)20)2-3-11(10)16-13/h2-5,16H,6,13H2,1H3,(H,15,18). The van der Waals surface area contributed by atoms with Gasteiger partial charge in [0.1, 0.15) is 0 Å². The average Bonchev–Trinajstić information content (AvgIpc) is 2.89. The van der Waals surface area contributed by atoms with Crippen LogP contribution in [0.25, 0.3) is 0 Å². The summed E-state index contributed by atoms with van der Waals surface area (Å²) in [5.41, 5.74) is 2.61. The molecule has 110 valence electrons. The molecule has 4 N–H and O–H groups in total. The molecule has 2 rings (SSSR count). The molecule has 2 aromatic rings. The Labute approximate surface area is 124 Å². The van der Waals surface area contributed by atoms with Gasteiger partial charge in [-0.25, -0.2) is 4.98 Å². The highest BCUT2D eigenvalue weighted by Gasteiger charge is 2.16. The van der Waals surface area contributed by atoms with Crippen molar-refractivity contribution in [3.63, 3.8) is 0 Å². The molecule has 1 amide bonds. The molecule has 0 aliphatic carbocycles. The number of thiazole rings is 1. The van der Waals surface area contributed by atoms with Gasteiger partial charge in [-0.2, -0.15) is 0 Å². The first-order valence-corrected chi connectivity index (χ1v) is 6.77. The van der Waals surface area contributed by atoms with Gasteiger partial charge >= 0.3 is 0 Å². The summed E-state index contributed by atoms with van der Waals surface area (Å²) in [6, 6.07) is 3.85. The number of carbonyl (C=O) groups is 1. The van der Waals surface area contributed by atoms with E-state index < -0.39 is 10.8 Å². The maximum absolute atomic E-state index is 12.1. The fraction of sp³-hybridized carbons (Fsp3) is 0.167. The zero-order valence-electron chi connectivity index (χ0n) is 11.1. The van der Waals surface area contributed by atoms with Gasteiger partial charge in [-0.05, 0) is 13.0 Å². The summed E-state index contributed by atoms with van der Waals surface area (Å²) in [5.74, 6) is 4.87. The molecule has 1 aromatic heterocycles. The Kier molecular flexibility index (Phi) is 4.45. The molecule has 0 fully saturated rings. The first kappa shape index (κ1) is 14.9. The lowest BCUT2D eigenvalue weighted by atomic mass is 10.1. The molecule has 1 heterocycles. The van der Waals surface area contributed by atoms with Crippen LogP contribution in [-0.4, -0.2) is 15.8 Å². The summed E-state index contributed by atoms with van der Waals surface area (Å²) in [4.78, 5) is 27.3. The van der Waals surface area contributed by atoms with Gasteiger partial charge < -0.3 is 10.7 Å². The molecular formula is C12H13N5O3S. The number of hydrazine groups is 1. The van der Waals surface area contributed by atoms with Gasteiger partial charge in [0.2, 0.25) is 0 Å². The van der Waals surface area contributed by atoms with E-state index in [0.29, 0.717) is 12.2 Å². The van der Waals surface area contributed by atoms with Crippen molar-refractivity contribution in [2.75, 3.05) is 5.43 Å². The van der Waals surface area contributed by atoms with Crippen molar-refractivity contribution in [1.82, 2.24) is 10.3 Å². The lowest BCUT2D eigenvalue weighted by molar-refractivity contribution is -0.384. The van der Waals surface area contributed by atoms with E-state index in [-0.39, 0.29) is 11.3 Å². The second kappa shape index (κ2) is 6.29. The number of hydrogen-bond donors (Lipinski definition) is 3. The fourth-order valence-corrected chi connectivity index (χ4v) is 2.44. The van der Waals surface area contributed by atoms with Gasteiger partial charge in [-0.3, -0.25) is 20.8 Å². The van der Waals surface area contributed by atoms with Gasteiger partial charge in [-0.15, -0.1) is 11.3 Å². The summed E-state index contributed by atoms with van der Waals surface area (Å²) in [5, 5.41) is 14.4. The van der Waals surface area contributed by atoms with Crippen LogP contribution in [0.3, 0.4) is 0 Å². The maximum atomic E-state index is 12.1. The Balaban J connectivity index is 2.17. The minimum atomic E-state index is -0.566. The molecule has 0 saturated heterocycles. The quantitative estimate of drug-likeness (QED) is 0.438. The van der Waals surface area contributed by atoms with E-state index in [2.05, 4.69) is 15.7 Å². The number of hydrogen-bond acceptors (Lipinski definition) is 7. The minimum Gasteiger partial charge on any atom is -0.347 e. The molecule has 0 saturated carbocycles. The third kappa shape index (κ3) is 3.52. The Hall–Kier alpha value is -2.52. The molecule has 0 radical (unpaired) electrons. The minimum absolute atomic E-state index is 0.118. The highest BCUT2D eigenvalue weighted by atomic mass is 32.1. The SMILES string of the molecule is Cc1ncc(CNC(=O)c2cc([N+](=O)[O-])ccc2NN)s1. The molecule has 0 unspecified atom stereocenters. The van der Waals surface area contributed by atoms with Crippen LogP contribution in [0.4, 0.5) is 11.4 Å². The number of rotatable bonds is 5. The average molecular weight is 307 g/mol. The largest absolute Gasteiger partial charge is 0.347 e. The number of benzene rings is 1. The molecule has 0 spiro atoms. The Bertz CT molecular complexity index is 685. The van der Waals surface area contributed by atoms with Crippen LogP contribution in [0.5, 0.6) is 0 Å². The lowest BCUT2D eigenvalue weighted by Crippen LogP contribution is -2.24. The number of nitrogens with two attached hydrogens (primary N) is 1. The number of nitrogens with zero attached hydrogens (tertiary/aromatic N) is 2. The summed E-state index contributed by atoms with van der Waals surface area (Å²) in [7, 11) is 0. The molecule has 9 heteroatoms. The highest BCUT2D eigenvalue weighted by molar-refractivity contribution is 7.11. The summed E-state index contributed by atoms with van der Waals surface area (Å²) < 4.78 is 0. The van der Waals surface area contributed by atoms with E-state index in [1.165, 1.54) is 29.5 Å². The summed E-state index contributed by atoms with van der Waals surface area (Å²) in [6.07, 6.45) is 1.68. The molecule has 0 bridgehead atoms. The van der Waals surface area contributed by atoms with Crippen LogP contribution < -0.4 is 16.6 Å². The van der Waals surface area contributed by atoms with Gasteiger partial charge in [0, 0.05) is 23.2 Å². The zero-order valence-corrected chi connectivity index (χ0v) is 11.9. The number of nitrogen functional groups attached to an aromatic ring is 1. The number of carbonyl (C=O) groups excluding carboxylic acids is 1. The van der Waals surface area contributed by atoms with E-state index >= 15 is 0 Å². The molecule has 8 nitrogen and oxygen atoms in total. The Morgan fingerprint density at radius 1 is 1.52 bits per heavy atom. The Morgan fingerprint density at radius 3 is 2.86 bits per heavy atom. The zero-order chi connectivity index (χ0) is 15.4. The molecular weight excluding hydrogens is 294 g/mol. The second-order valence-electron chi connectivity index (χ2n) is 4.16. The molecule has 0 atom stereocenters. The first-order valence-electron chi connectivity index (χ1n) is 5.96. The number of aryl methyl sites for hydroxylation is 1. The van der Waals surface area contributed by atoms with E-state index in [1.54, 1.807) is 6.20 Å². The van der Waals surface area contributed by atoms with Crippen molar-refractivity contribution in [2.45, 2.75) is 13.5 Å².